The molecule has 6 nitrogen and oxygen atoms in total. The summed E-state index contributed by atoms with van der Waals surface area (Å²) in [4.78, 5) is 24.4. The van der Waals surface area contributed by atoms with Gasteiger partial charge in [0, 0.05) is 50.8 Å². The molecule has 0 spiro atoms. The zero-order valence-electron chi connectivity index (χ0n) is 27.2. The number of hydrogen-bond donors (Lipinski definition) is 1. The van der Waals surface area contributed by atoms with Crippen LogP contribution in [-0.4, -0.2) is 30.0 Å². The molecule has 6 aromatic rings. The fraction of sp³-hybridized carbons (Fsp3) is 0.205. The Balaban J connectivity index is 0.00000433. The Labute approximate surface area is 295 Å². The molecule has 0 bridgehead atoms. The van der Waals surface area contributed by atoms with Crippen molar-refractivity contribution in [2.75, 3.05) is 0 Å². The van der Waals surface area contributed by atoms with Crippen LogP contribution in [0.1, 0.15) is 52.7 Å². The predicted molar refractivity (Wildman–Crippen MR) is 186 cm³/mol. The van der Waals surface area contributed by atoms with Gasteiger partial charge in [-0.1, -0.05) is 94.6 Å². The first-order chi connectivity index (χ1) is 22.0. The van der Waals surface area contributed by atoms with Gasteiger partial charge in [0.2, 0.25) is 0 Å². The van der Waals surface area contributed by atoms with Crippen molar-refractivity contribution >= 4 is 11.8 Å². The van der Waals surface area contributed by atoms with Crippen molar-refractivity contribution in [3.63, 3.8) is 0 Å². The minimum Gasteiger partial charge on any atom is -0.507 e. The van der Waals surface area contributed by atoms with Gasteiger partial charge in [0.05, 0.1) is 16.4 Å². The van der Waals surface area contributed by atoms with E-state index in [4.69, 9.17) is 15.0 Å². The molecule has 3 aromatic carbocycles. The van der Waals surface area contributed by atoms with Crippen molar-refractivity contribution in [2.24, 2.45) is 0 Å². The van der Waals surface area contributed by atoms with Gasteiger partial charge in [-0.15, -0.1) is 29.8 Å². The zero-order valence-corrected chi connectivity index (χ0v) is 30.3. The molecule has 47 heavy (non-hydrogen) atoms. The molecular weight excluding hydrogens is 782 g/mol. The molecule has 8 heteroatoms. The number of benzene rings is 3. The van der Waals surface area contributed by atoms with E-state index in [0.717, 1.165) is 43.3 Å². The molecule has 0 aliphatic carbocycles. The maximum absolute atomic E-state index is 11.7. The number of pyridine rings is 2. The number of hydrogen-bond acceptors (Lipinski definition) is 7. The molecule has 0 atom stereocenters. The van der Waals surface area contributed by atoms with Gasteiger partial charge in [0.1, 0.15) is 5.75 Å². The fourth-order valence-corrected chi connectivity index (χ4v) is 5.91. The van der Waals surface area contributed by atoms with Gasteiger partial charge >= 0.3 is 0 Å². The standard InChI is InChI=1S/C39H36N5OS.Pt/c1-38(2,3)29-23-31(34(45)32(24-29)39(4,5)6)37-43-35(26-11-8-7-9-12-26)42-36(44-37)28-13-10-14-30(21-28)46-33-22-27(17-20-41-33)25-15-18-40-19-16-25;/h7-20,22-24,45H,1-6H3;/q-1;. The van der Waals surface area contributed by atoms with Crippen LogP contribution in [0, 0.1) is 6.07 Å². The SMILES string of the molecule is CC(C)(C)c1cc(-c2nc(-c3[c-]c(Sc4cc(-c5ccncc5)ccn4)ccc3)nc(-c3ccccc3)n2)c(O)c(C(C)(C)C)c1.[Pt]. The Bertz CT molecular complexity index is 2010. The molecule has 0 radical (unpaired) electrons. The Morgan fingerprint density at radius 2 is 1.32 bits per heavy atom. The van der Waals surface area contributed by atoms with E-state index in [2.05, 4.69) is 69.7 Å². The van der Waals surface area contributed by atoms with E-state index in [-0.39, 0.29) is 37.6 Å². The smallest absolute Gasteiger partial charge is 0.158 e. The summed E-state index contributed by atoms with van der Waals surface area (Å²) in [5.74, 6) is 1.60. The average molecular weight is 818 g/mol. The van der Waals surface area contributed by atoms with Gasteiger partial charge in [0.15, 0.2) is 11.6 Å². The fourth-order valence-electron chi connectivity index (χ4n) is 5.08. The van der Waals surface area contributed by atoms with Crippen LogP contribution in [0.25, 0.3) is 45.3 Å². The quantitative estimate of drug-likeness (QED) is 0.168. The molecule has 3 aromatic heterocycles. The summed E-state index contributed by atoms with van der Waals surface area (Å²) in [6.07, 6.45) is 5.39. The average Bonchev–Trinajstić information content (AvgIpc) is 3.04. The van der Waals surface area contributed by atoms with Crippen molar-refractivity contribution in [2.45, 2.75) is 62.3 Å². The van der Waals surface area contributed by atoms with Crippen LogP contribution in [0.15, 0.2) is 113 Å². The summed E-state index contributed by atoms with van der Waals surface area (Å²) < 4.78 is 0. The molecule has 6 rings (SSSR count). The predicted octanol–water partition coefficient (Wildman–Crippen LogP) is 9.58. The van der Waals surface area contributed by atoms with Crippen LogP contribution >= 0.6 is 11.8 Å². The molecule has 0 aliphatic rings. The van der Waals surface area contributed by atoms with Crippen LogP contribution in [0.2, 0.25) is 0 Å². The second-order valence-corrected chi connectivity index (χ2v) is 14.3. The van der Waals surface area contributed by atoms with Crippen molar-refractivity contribution in [1.82, 2.24) is 24.9 Å². The monoisotopic (exact) mass is 817 g/mol. The Morgan fingerprint density at radius 3 is 2.02 bits per heavy atom. The van der Waals surface area contributed by atoms with Crippen LogP contribution < -0.4 is 0 Å². The van der Waals surface area contributed by atoms with E-state index in [1.807, 2.05) is 79.0 Å². The first kappa shape index (κ1) is 34.2. The molecule has 0 saturated heterocycles. The van der Waals surface area contributed by atoms with Gasteiger partial charge in [0.25, 0.3) is 0 Å². The first-order valence-corrected chi connectivity index (χ1v) is 16.0. The third-order valence-corrected chi connectivity index (χ3v) is 8.56. The van der Waals surface area contributed by atoms with E-state index < -0.39 is 0 Å². The van der Waals surface area contributed by atoms with Crippen LogP contribution in [-0.2, 0) is 31.9 Å². The minimum atomic E-state index is -0.291. The molecule has 0 fully saturated rings. The molecule has 0 amide bonds. The summed E-state index contributed by atoms with van der Waals surface area (Å²) in [5.41, 5.74) is 5.82. The maximum Gasteiger partial charge on any atom is 0.158 e. The van der Waals surface area contributed by atoms with Crippen LogP contribution in [0.3, 0.4) is 0 Å². The number of aromatic hydroxyl groups is 1. The second kappa shape index (κ2) is 13.9. The summed E-state index contributed by atoms with van der Waals surface area (Å²) in [7, 11) is 0. The third kappa shape index (κ3) is 7.86. The summed E-state index contributed by atoms with van der Waals surface area (Å²) in [6, 6.07) is 31.4. The summed E-state index contributed by atoms with van der Waals surface area (Å²) in [5, 5.41) is 12.5. The minimum absolute atomic E-state index is 0. The van der Waals surface area contributed by atoms with E-state index in [0.29, 0.717) is 23.0 Å². The van der Waals surface area contributed by atoms with Crippen molar-refractivity contribution in [3.8, 4) is 51.0 Å². The number of aromatic nitrogens is 5. The van der Waals surface area contributed by atoms with Crippen LogP contribution in [0.5, 0.6) is 5.75 Å². The van der Waals surface area contributed by atoms with Gasteiger partial charge in [-0.2, -0.15) is 0 Å². The molecule has 3 heterocycles. The van der Waals surface area contributed by atoms with E-state index in [1.165, 1.54) is 11.8 Å². The summed E-state index contributed by atoms with van der Waals surface area (Å²) in [6.45, 7) is 12.8. The first-order valence-electron chi connectivity index (χ1n) is 15.2. The molecular formula is C39H36N5OPtS-. The molecule has 0 aliphatic heterocycles. The van der Waals surface area contributed by atoms with Crippen molar-refractivity contribution in [3.05, 3.63) is 121 Å². The van der Waals surface area contributed by atoms with Gasteiger partial charge in [-0.3, -0.25) is 15.0 Å². The number of rotatable bonds is 6. The molecule has 0 unspecified atom stereocenters. The van der Waals surface area contributed by atoms with E-state index in [9.17, 15) is 5.11 Å². The molecule has 240 valence electrons. The molecule has 0 saturated carbocycles. The Hall–Kier alpha value is -4.19. The maximum atomic E-state index is 11.7. The summed E-state index contributed by atoms with van der Waals surface area (Å²) >= 11 is 1.52. The van der Waals surface area contributed by atoms with E-state index >= 15 is 0 Å². The topological polar surface area (TPSA) is 84.7 Å². The number of phenolic OH excluding ortho intramolecular Hbond substituents is 1. The number of nitrogens with zero attached hydrogens (tertiary/aromatic N) is 5. The Kier molecular flexibility index (Phi) is 10.1. The van der Waals surface area contributed by atoms with Crippen molar-refractivity contribution in [1.29, 1.82) is 0 Å². The largest absolute Gasteiger partial charge is 0.507 e. The Morgan fingerprint density at radius 1 is 0.638 bits per heavy atom. The third-order valence-electron chi connectivity index (χ3n) is 7.66. The second-order valence-electron chi connectivity index (χ2n) is 13.2. The molecule has 1 N–H and O–H groups in total. The van der Waals surface area contributed by atoms with E-state index in [1.54, 1.807) is 12.4 Å². The zero-order chi connectivity index (χ0) is 32.5. The van der Waals surface area contributed by atoms with Crippen LogP contribution in [0.4, 0.5) is 0 Å². The number of phenols is 1. The van der Waals surface area contributed by atoms with Gasteiger partial charge in [-0.05, 0) is 57.9 Å². The normalized spacial score (nSPS) is 11.6. The van der Waals surface area contributed by atoms with Gasteiger partial charge in [-0.25, -0.2) is 9.97 Å². The van der Waals surface area contributed by atoms with Crippen molar-refractivity contribution < 1.29 is 26.2 Å². The van der Waals surface area contributed by atoms with Gasteiger partial charge < -0.3 is 5.11 Å².